The van der Waals surface area contributed by atoms with Gasteiger partial charge in [0.2, 0.25) is 0 Å². The van der Waals surface area contributed by atoms with Gasteiger partial charge < -0.3 is 9.64 Å². The number of amides is 1. The lowest BCUT2D eigenvalue weighted by molar-refractivity contribution is -0.142. The van der Waals surface area contributed by atoms with Crippen LogP contribution in [0.15, 0.2) is 66.7 Å². The van der Waals surface area contributed by atoms with E-state index in [1.807, 2.05) is 55.5 Å². The Kier molecular flexibility index (Phi) is 7.03. The van der Waals surface area contributed by atoms with E-state index in [4.69, 9.17) is 16.3 Å². The number of halogens is 1. The van der Waals surface area contributed by atoms with Crippen molar-refractivity contribution in [3.05, 3.63) is 88.7 Å². The molecule has 0 spiro atoms. The first kappa shape index (κ1) is 21.3. The van der Waals surface area contributed by atoms with Gasteiger partial charge in [-0.2, -0.15) is 5.10 Å². The van der Waals surface area contributed by atoms with E-state index in [2.05, 4.69) is 5.10 Å². The molecule has 3 rings (SSSR count). The molecule has 0 N–H and O–H groups in total. The molecule has 0 aliphatic rings. The molecule has 30 heavy (non-hydrogen) atoms. The van der Waals surface area contributed by atoms with Gasteiger partial charge in [-0.3, -0.25) is 4.79 Å². The Morgan fingerprint density at radius 2 is 1.73 bits per heavy atom. The van der Waals surface area contributed by atoms with Gasteiger partial charge in [-0.1, -0.05) is 60.1 Å². The maximum atomic E-state index is 12.2. The second-order valence-electron chi connectivity index (χ2n) is 6.66. The first-order valence-corrected chi connectivity index (χ1v) is 9.77. The smallest absolute Gasteiger partial charge is 0.331 e. The van der Waals surface area contributed by atoms with Gasteiger partial charge in [0.15, 0.2) is 6.61 Å². The highest BCUT2D eigenvalue weighted by atomic mass is 35.5. The highest BCUT2D eigenvalue weighted by Crippen LogP contribution is 2.22. The Labute approximate surface area is 180 Å². The number of hydrogen-bond donors (Lipinski definition) is 0. The van der Waals surface area contributed by atoms with E-state index in [0.29, 0.717) is 23.0 Å². The van der Waals surface area contributed by atoms with Crippen molar-refractivity contribution in [3.8, 4) is 0 Å². The van der Waals surface area contributed by atoms with Gasteiger partial charge >= 0.3 is 5.97 Å². The number of likely N-dealkylation sites (N-methyl/N-ethyl adjacent to an activating group) is 1. The molecule has 0 saturated heterocycles. The maximum Gasteiger partial charge on any atom is 0.331 e. The molecular weight excluding hydrogens is 402 g/mol. The second kappa shape index (κ2) is 9.89. The number of aryl methyl sites for hydroxylation is 1. The molecule has 0 atom stereocenters. The first-order valence-electron chi connectivity index (χ1n) is 9.39. The zero-order valence-corrected chi connectivity index (χ0v) is 17.5. The van der Waals surface area contributed by atoms with Gasteiger partial charge in [0.1, 0.15) is 5.15 Å². The molecule has 1 amide bonds. The minimum Gasteiger partial charge on any atom is -0.452 e. The highest BCUT2D eigenvalue weighted by Gasteiger charge is 2.14. The largest absolute Gasteiger partial charge is 0.452 e. The molecule has 0 radical (unpaired) electrons. The van der Waals surface area contributed by atoms with Crippen LogP contribution in [0.5, 0.6) is 0 Å². The number of esters is 1. The summed E-state index contributed by atoms with van der Waals surface area (Å²) in [6, 6.07) is 19.0. The van der Waals surface area contributed by atoms with Gasteiger partial charge in [-0.25, -0.2) is 9.48 Å². The van der Waals surface area contributed by atoms with Crippen LogP contribution in [0.4, 0.5) is 5.69 Å². The summed E-state index contributed by atoms with van der Waals surface area (Å²) in [7, 11) is 1.63. The average molecular weight is 424 g/mol. The summed E-state index contributed by atoms with van der Waals surface area (Å²) < 4.78 is 6.74. The van der Waals surface area contributed by atoms with Gasteiger partial charge in [-0.15, -0.1) is 0 Å². The van der Waals surface area contributed by atoms with Gasteiger partial charge in [-0.05, 0) is 30.7 Å². The normalized spacial score (nSPS) is 10.9. The third kappa shape index (κ3) is 5.36. The number of hydrogen-bond acceptors (Lipinski definition) is 4. The third-order valence-electron chi connectivity index (χ3n) is 4.53. The monoisotopic (exact) mass is 423 g/mol. The van der Waals surface area contributed by atoms with Crippen molar-refractivity contribution in [1.29, 1.82) is 0 Å². The van der Waals surface area contributed by atoms with Crippen molar-refractivity contribution < 1.29 is 14.3 Å². The van der Waals surface area contributed by atoms with Crippen LogP contribution in [-0.4, -0.2) is 35.3 Å². The highest BCUT2D eigenvalue weighted by molar-refractivity contribution is 6.31. The second-order valence-corrected chi connectivity index (χ2v) is 7.02. The lowest BCUT2D eigenvalue weighted by atomic mass is 10.2. The summed E-state index contributed by atoms with van der Waals surface area (Å²) in [5.74, 6) is -0.955. The first-order chi connectivity index (χ1) is 14.5. The summed E-state index contributed by atoms with van der Waals surface area (Å²) >= 11 is 6.44. The number of nitrogens with zero attached hydrogens (tertiary/aromatic N) is 3. The van der Waals surface area contributed by atoms with Crippen molar-refractivity contribution in [2.24, 2.45) is 0 Å². The zero-order chi connectivity index (χ0) is 21.5. The number of carbonyl (C=O) groups is 2. The van der Waals surface area contributed by atoms with Crippen LogP contribution in [0.3, 0.4) is 0 Å². The predicted molar refractivity (Wildman–Crippen MR) is 117 cm³/mol. The van der Waals surface area contributed by atoms with E-state index in [0.717, 1.165) is 11.3 Å². The number of para-hydroxylation sites is 1. The molecule has 0 bridgehead atoms. The van der Waals surface area contributed by atoms with Crippen LogP contribution in [0.2, 0.25) is 5.15 Å². The van der Waals surface area contributed by atoms with E-state index >= 15 is 0 Å². The predicted octanol–water partition coefficient (Wildman–Crippen LogP) is 4.11. The summed E-state index contributed by atoms with van der Waals surface area (Å²) in [5.41, 5.74) is 3.12. The molecule has 3 aromatic rings. The van der Waals surface area contributed by atoms with Crippen molar-refractivity contribution >= 4 is 35.2 Å². The van der Waals surface area contributed by atoms with Crippen LogP contribution in [-0.2, 0) is 20.9 Å². The van der Waals surface area contributed by atoms with E-state index in [1.54, 1.807) is 29.9 Å². The molecule has 2 aromatic carbocycles. The summed E-state index contributed by atoms with van der Waals surface area (Å²) in [4.78, 5) is 25.7. The fourth-order valence-electron chi connectivity index (χ4n) is 2.84. The topological polar surface area (TPSA) is 64.4 Å². The van der Waals surface area contributed by atoms with Gasteiger partial charge in [0.05, 0.1) is 12.2 Å². The fourth-order valence-corrected chi connectivity index (χ4v) is 3.14. The SMILES string of the molecule is Cc1nn(Cc2ccccc2)c(Cl)c1/C=C/C(=O)OCC(=O)N(C)c1ccccc1. The third-order valence-corrected chi connectivity index (χ3v) is 4.92. The summed E-state index contributed by atoms with van der Waals surface area (Å²) in [6.07, 6.45) is 2.80. The number of benzene rings is 2. The van der Waals surface area contributed by atoms with Crippen LogP contribution >= 0.6 is 11.6 Å². The van der Waals surface area contributed by atoms with E-state index < -0.39 is 5.97 Å². The van der Waals surface area contributed by atoms with Crippen molar-refractivity contribution in [3.63, 3.8) is 0 Å². The minimum absolute atomic E-state index is 0.326. The average Bonchev–Trinajstić information content (AvgIpc) is 3.03. The molecule has 0 saturated carbocycles. The molecule has 1 aromatic heterocycles. The Bertz CT molecular complexity index is 1050. The fraction of sp³-hybridized carbons (Fsp3) is 0.174. The molecule has 0 aliphatic carbocycles. The number of aromatic nitrogens is 2. The molecule has 0 unspecified atom stereocenters. The van der Waals surface area contributed by atoms with Gasteiger partial charge in [0, 0.05) is 24.4 Å². The standard InChI is InChI=1S/C23H22ClN3O3/c1-17-20(23(24)27(25-17)15-18-9-5-3-6-10-18)13-14-22(29)30-16-21(28)26(2)19-11-7-4-8-12-19/h3-14H,15-16H2,1-2H3/b14-13+. The molecule has 6 nitrogen and oxygen atoms in total. The Morgan fingerprint density at radius 3 is 2.40 bits per heavy atom. The maximum absolute atomic E-state index is 12.2. The number of carbonyl (C=O) groups excluding carboxylic acids is 2. The Morgan fingerprint density at radius 1 is 1.10 bits per heavy atom. The summed E-state index contributed by atoms with van der Waals surface area (Å²) in [6.45, 7) is 1.99. The number of ether oxygens (including phenoxy) is 1. The molecule has 0 fully saturated rings. The zero-order valence-electron chi connectivity index (χ0n) is 16.8. The molecule has 0 aliphatic heterocycles. The molecular formula is C23H22ClN3O3. The number of anilines is 1. The van der Waals surface area contributed by atoms with Crippen molar-refractivity contribution in [2.75, 3.05) is 18.6 Å². The van der Waals surface area contributed by atoms with Crippen LogP contribution in [0.1, 0.15) is 16.8 Å². The van der Waals surface area contributed by atoms with Crippen molar-refractivity contribution in [2.45, 2.75) is 13.5 Å². The minimum atomic E-state index is -0.629. The van der Waals surface area contributed by atoms with Crippen LogP contribution in [0, 0.1) is 6.92 Å². The van der Waals surface area contributed by atoms with E-state index in [1.165, 1.54) is 11.0 Å². The molecule has 154 valence electrons. The number of rotatable bonds is 7. The van der Waals surface area contributed by atoms with Crippen molar-refractivity contribution in [1.82, 2.24) is 9.78 Å². The Hall–Kier alpha value is -3.38. The quantitative estimate of drug-likeness (QED) is 0.423. The lowest BCUT2D eigenvalue weighted by Gasteiger charge is -2.16. The van der Waals surface area contributed by atoms with Crippen LogP contribution < -0.4 is 4.90 Å². The van der Waals surface area contributed by atoms with E-state index in [-0.39, 0.29) is 12.5 Å². The lowest BCUT2D eigenvalue weighted by Crippen LogP contribution is -2.30. The molecule has 7 heteroatoms. The molecule has 1 heterocycles. The Balaban J connectivity index is 1.59. The van der Waals surface area contributed by atoms with Gasteiger partial charge in [0.25, 0.3) is 5.91 Å². The van der Waals surface area contributed by atoms with Crippen LogP contribution in [0.25, 0.3) is 6.08 Å². The van der Waals surface area contributed by atoms with E-state index in [9.17, 15) is 9.59 Å². The summed E-state index contributed by atoms with van der Waals surface area (Å²) in [5, 5.41) is 4.87.